The first kappa shape index (κ1) is 11.0. The molecule has 0 spiro atoms. The van der Waals surface area contributed by atoms with E-state index in [4.69, 9.17) is 0 Å². The molecule has 17 heavy (non-hydrogen) atoms. The predicted molar refractivity (Wildman–Crippen MR) is 73.4 cm³/mol. The van der Waals surface area contributed by atoms with E-state index in [1.165, 1.54) is 34.4 Å². The minimum atomic E-state index is 0.549. The van der Waals surface area contributed by atoms with Crippen LogP contribution in [0.2, 0.25) is 0 Å². The van der Waals surface area contributed by atoms with Gasteiger partial charge in [0.05, 0.1) is 0 Å². The maximum atomic E-state index is 3.69. The van der Waals surface area contributed by atoms with Crippen molar-refractivity contribution in [2.75, 3.05) is 0 Å². The number of rotatable bonds is 3. The van der Waals surface area contributed by atoms with Crippen molar-refractivity contribution in [2.24, 2.45) is 0 Å². The molecule has 88 valence electrons. The number of nitrogens with one attached hydrogen (secondary N) is 1. The Morgan fingerprint density at radius 3 is 3.00 bits per heavy atom. The third-order valence-corrected chi connectivity index (χ3v) is 4.63. The van der Waals surface area contributed by atoms with E-state index in [-0.39, 0.29) is 0 Å². The molecule has 1 N–H and O–H groups in total. The molecule has 1 aliphatic carbocycles. The third kappa shape index (κ3) is 2.15. The second-order valence-electron chi connectivity index (χ2n) is 4.70. The maximum absolute atomic E-state index is 3.69. The highest BCUT2D eigenvalue weighted by Crippen LogP contribution is 2.31. The van der Waals surface area contributed by atoms with Gasteiger partial charge in [0.1, 0.15) is 0 Å². The summed E-state index contributed by atoms with van der Waals surface area (Å²) in [4.78, 5) is 1.47. The Morgan fingerprint density at radius 1 is 1.29 bits per heavy atom. The number of aryl methyl sites for hydroxylation is 2. The van der Waals surface area contributed by atoms with Crippen LogP contribution in [0.3, 0.4) is 0 Å². The van der Waals surface area contributed by atoms with Gasteiger partial charge in [-0.05, 0) is 47.9 Å². The molecule has 0 radical (unpaired) electrons. The Bertz CT molecular complexity index is 515. The van der Waals surface area contributed by atoms with E-state index >= 15 is 0 Å². The lowest BCUT2D eigenvalue weighted by Gasteiger charge is -2.13. The van der Waals surface area contributed by atoms with Crippen LogP contribution in [0.5, 0.6) is 0 Å². The molecule has 2 heteroatoms. The highest BCUT2D eigenvalue weighted by atomic mass is 32.1. The molecular weight excluding hydrogens is 226 g/mol. The summed E-state index contributed by atoms with van der Waals surface area (Å²) in [5, 5.41) is 5.87. The summed E-state index contributed by atoms with van der Waals surface area (Å²) in [6.07, 6.45) is 2.46. The average molecular weight is 243 g/mol. The molecule has 1 aromatic heterocycles. The summed E-state index contributed by atoms with van der Waals surface area (Å²) in [5.74, 6) is 0. The first-order chi connectivity index (χ1) is 8.34. The van der Waals surface area contributed by atoms with E-state index in [0.29, 0.717) is 6.04 Å². The summed E-state index contributed by atoms with van der Waals surface area (Å²) < 4.78 is 0. The smallest absolute Gasteiger partial charge is 0.0329 e. The van der Waals surface area contributed by atoms with Crippen LogP contribution in [-0.2, 0) is 13.0 Å². The highest BCUT2D eigenvalue weighted by Gasteiger charge is 2.21. The van der Waals surface area contributed by atoms with E-state index < -0.39 is 0 Å². The van der Waals surface area contributed by atoms with Gasteiger partial charge in [-0.2, -0.15) is 0 Å². The largest absolute Gasteiger partial charge is 0.305 e. The van der Waals surface area contributed by atoms with Crippen LogP contribution in [0.25, 0.3) is 0 Å². The van der Waals surface area contributed by atoms with Gasteiger partial charge in [0.25, 0.3) is 0 Å². The summed E-state index contributed by atoms with van der Waals surface area (Å²) in [6.45, 7) is 3.19. The molecule has 0 saturated carbocycles. The van der Waals surface area contributed by atoms with Gasteiger partial charge in [-0.25, -0.2) is 0 Å². The summed E-state index contributed by atoms with van der Waals surface area (Å²) >= 11 is 1.85. The van der Waals surface area contributed by atoms with E-state index in [0.717, 1.165) is 6.54 Å². The second kappa shape index (κ2) is 4.63. The Kier molecular flexibility index (Phi) is 3.00. The van der Waals surface area contributed by atoms with E-state index in [2.05, 4.69) is 48.0 Å². The Balaban J connectivity index is 1.70. The van der Waals surface area contributed by atoms with Crippen molar-refractivity contribution >= 4 is 11.3 Å². The average Bonchev–Trinajstić information content (AvgIpc) is 2.93. The van der Waals surface area contributed by atoms with Crippen molar-refractivity contribution in [3.63, 3.8) is 0 Å². The van der Waals surface area contributed by atoms with E-state index in [1.54, 1.807) is 0 Å². The summed E-state index contributed by atoms with van der Waals surface area (Å²) in [7, 11) is 0. The molecule has 2 aromatic rings. The Labute approximate surface area is 106 Å². The van der Waals surface area contributed by atoms with Gasteiger partial charge in [0.2, 0.25) is 0 Å². The number of hydrogen-bond donors (Lipinski definition) is 1. The fraction of sp³-hybridized carbons (Fsp3) is 0.333. The standard InChI is InChI=1S/C15H17NS/c1-11-8-9-17-15(11)10-16-14-7-6-12-4-2-3-5-13(12)14/h2-5,8-9,14,16H,6-7,10H2,1H3. The van der Waals surface area contributed by atoms with Gasteiger partial charge in [-0.15, -0.1) is 11.3 Å². The van der Waals surface area contributed by atoms with Crippen LogP contribution in [-0.4, -0.2) is 0 Å². The molecule has 0 saturated heterocycles. The van der Waals surface area contributed by atoms with Crippen molar-refractivity contribution in [3.05, 3.63) is 57.3 Å². The van der Waals surface area contributed by atoms with Crippen LogP contribution >= 0.6 is 11.3 Å². The minimum absolute atomic E-state index is 0.549. The molecule has 0 aliphatic heterocycles. The van der Waals surface area contributed by atoms with E-state index in [1.807, 2.05) is 11.3 Å². The van der Waals surface area contributed by atoms with Crippen LogP contribution in [0.1, 0.15) is 34.0 Å². The molecule has 1 nitrogen and oxygen atoms in total. The van der Waals surface area contributed by atoms with Crippen LogP contribution < -0.4 is 5.32 Å². The predicted octanol–water partition coefficient (Wildman–Crippen LogP) is 3.83. The lowest BCUT2D eigenvalue weighted by atomic mass is 10.1. The number of thiophene rings is 1. The lowest BCUT2D eigenvalue weighted by Crippen LogP contribution is -2.18. The monoisotopic (exact) mass is 243 g/mol. The van der Waals surface area contributed by atoms with Gasteiger partial charge < -0.3 is 5.32 Å². The zero-order valence-corrected chi connectivity index (χ0v) is 10.9. The first-order valence-corrected chi connectivity index (χ1v) is 7.07. The van der Waals surface area contributed by atoms with Gasteiger partial charge in [0.15, 0.2) is 0 Å². The lowest BCUT2D eigenvalue weighted by molar-refractivity contribution is 0.532. The quantitative estimate of drug-likeness (QED) is 0.864. The molecule has 1 atom stereocenters. The van der Waals surface area contributed by atoms with Crippen molar-refractivity contribution in [1.29, 1.82) is 0 Å². The molecule has 1 unspecified atom stereocenters. The van der Waals surface area contributed by atoms with Crippen LogP contribution in [0, 0.1) is 6.92 Å². The number of hydrogen-bond acceptors (Lipinski definition) is 2. The highest BCUT2D eigenvalue weighted by molar-refractivity contribution is 7.10. The zero-order chi connectivity index (χ0) is 11.7. The van der Waals surface area contributed by atoms with E-state index in [9.17, 15) is 0 Å². The molecule has 1 aliphatic rings. The Hall–Kier alpha value is -1.12. The summed E-state index contributed by atoms with van der Waals surface area (Å²) in [6, 6.07) is 11.6. The number of benzene rings is 1. The van der Waals surface area contributed by atoms with Gasteiger partial charge >= 0.3 is 0 Å². The zero-order valence-electron chi connectivity index (χ0n) is 10.1. The molecule has 0 fully saturated rings. The van der Waals surface area contributed by atoms with Crippen molar-refractivity contribution in [3.8, 4) is 0 Å². The summed E-state index contributed by atoms with van der Waals surface area (Å²) in [5.41, 5.74) is 4.43. The third-order valence-electron chi connectivity index (χ3n) is 3.61. The van der Waals surface area contributed by atoms with Crippen molar-refractivity contribution < 1.29 is 0 Å². The van der Waals surface area contributed by atoms with Crippen molar-refractivity contribution in [1.82, 2.24) is 5.32 Å². The van der Waals surface area contributed by atoms with Gasteiger partial charge in [-0.1, -0.05) is 24.3 Å². The van der Waals surface area contributed by atoms with Crippen LogP contribution in [0.4, 0.5) is 0 Å². The molecule has 1 aromatic carbocycles. The SMILES string of the molecule is Cc1ccsc1CNC1CCc2ccccc21. The van der Waals surface area contributed by atoms with Crippen LogP contribution in [0.15, 0.2) is 35.7 Å². The number of fused-ring (bicyclic) bond motifs is 1. The molecule has 0 amide bonds. The molecule has 3 rings (SSSR count). The minimum Gasteiger partial charge on any atom is -0.305 e. The maximum Gasteiger partial charge on any atom is 0.0329 e. The first-order valence-electron chi connectivity index (χ1n) is 6.19. The topological polar surface area (TPSA) is 12.0 Å². The molecule has 1 heterocycles. The fourth-order valence-electron chi connectivity index (χ4n) is 2.57. The Morgan fingerprint density at radius 2 is 2.18 bits per heavy atom. The van der Waals surface area contributed by atoms with Crippen molar-refractivity contribution in [2.45, 2.75) is 32.4 Å². The molecular formula is C15H17NS. The fourth-order valence-corrected chi connectivity index (χ4v) is 3.43. The van der Waals surface area contributed by atoms with Gasteiger partial charge in [0, 0.05) is 17.5 Å². The van der Waals surface area contributed by atoms with Gasteiger partial charge in [-0.3, -0.25) is 0 Å². The second-order valence-corrected chi connectivity index (χ2v) is 5.70. The molecule has 0 bridgehead atoms. The normalized spacial score (nSPS) is 18.3.